The summed E-state index contributed by atoms with van der Waals surface area (Å²) in [6.07, 6.45) is 3.54. The number of hydrogen-bond acceptors (Lipinski definition) is 5. The van der Waals surface area contributed by atoms with Crippen LogP contribution >= 0.6 is 11.6 Å². The van der Waals surface area contributed by atoms with Gasteiger partial charge >= 0.3 is 0 Å². The third-order valence-electron chi connectivity index (χ3n) is 2.53. The summed E-state index contributed by atoms with van der Waals surface area (Å²) in [6.45, 7) is 2.59. The smallest absolute Gasteiger partial charge is 0.224 e. The van der Waals surface area contributed by atoms with Crippen LogP contribution in [-0.2, 0) is 13.6 Å². The molecule has 0 fully saturated rings. The van der Waals surface area contributed by atoms with E-state index in [2.05, 4.69) is 25.7 Å². The molecular weight excluding hydrogens is 252 g/mol. The second kappa shape index (κ2) is 5.22. The molecule has 0 spiro atoms. The van der Waals surface area contributed by atoms with Crippen LogP contribution in [0, 0.1) is 6.92 Å². The number of nitrogens with one attached hydrogen (secondary N) is 2. The van der Waals surface area contributed by atoms with Crippen molar-refractivity contribution in [2.75, 3.05) is 17.7 Å². The fourth-order valence-electron chi connectivity index (χ4n) is 1.61. The van der Waals surface area contributed by atoms with Crippen LogP contribution in [0.2, 0.25) is 5.02 Å². The van der Waals surface area contributed by atoms with Crippen LogP contribution in [0.25, 0.3) is 0 Å². The average molecular weight is 267 g/mol. The van der Waals surface area contributed by atoms with Crippen LogP contribution in [0.5, 0.6) is 0 Å². The zero-order valence-corrected chi connectivity index (χ0v) is 11.3. The number of anilines is 2. The second-order valence-corrected chi connectivity index (χ2v) is 4.31. The minimum Gasteiger partial charge on any atom is -0.364 e. The molecule has 2 aromatic rings. The Morgan fingerprint density at radius 3 is 2.83 bits per heavy atom. The molecule has 0 radical (unpaired) electrons. The predicted molar refractivity (Wildman–Crippen MR) is 71.9 cm³/mol. The largest absolute Gasteiger partial charge is 0.364 e. The Balaban J connectivity index is 2.12. The van der Waals surface area contributed by atoms with Gasteiger partial charge in [0.15, 0.2) is 5.82 Å². The molecule has 0 saturated carbocycles. The summed E-state index contributed by atoms with van der Waals surface area (Å²) in [6, 6.07) is 0. The molecule has 0 saturated heterocycles. The zero-order valence-electron chi connectivity index (χ0n) is 10.5. The maximum atomic E-state index is 6.03. The lowest BCUT2D eigenvalue weighted by Crippen LogP contribution is -2.05. The summed E-state index contributed by atoms with van der Waals surface area (Å²) in [7, 11) is 3.66. The van der Waals surface area contributed by atoms with Gasteiger partial charge in [0, 0.05) is 32.4 Å². The molecule has 18 heavy (non-hydrogen) atoms. The first-order valence-corrected chi connectivity index (χ1v) is 5.91. The van der Waals surface area contributed by atoms with Crippen molar-refractivity contribution in [1.29, 1.82) is 0 Å². The molecule has 0 unspecified atom stereocenters. The predicted octanol–water partition coefficient (Wildman–Crippen LogP) is 1.83. The number of nitrogens with zero attached hydrogens (tertiary/aromatic N) is 4. The Morgan fingerprint density at radius 1 is 1.44 bits per heavy atom. The van der Waals surface area contributed by atoms with Crippen molar-refractivity contribution in [2.24, 2.45) is 7.05 Å². The third kappa shape index (κ3) is 2.70. The molecule has 6 nitrogen and oxygen atoms in total. The highest BCUT2D eigenvalue weighted by Crippen LogP contribution is 2.20. The van der Waals surface area contributed by atoms with Gasteiger partial charge in [-0.05, 0) is 6.92 Å². The van der Waals surface area contributed by atoms with Crippen LogP contribution in [0.3, 0.4) is 0 Å². The van der Waals surface area contributed by atoms with E-state index in [1.807, 2.05) is 20.2 Å². The third-order valence-corrected chi connectivity index (χ3v) is 2.81. The first-order chi connectivity index (χ1) is 8.60. The highest BCUT2D eigenvalue weighted by atomic mass is 35.5. The average Bonchev–Trinajstić information content (AvgIpc) is 2.67. The highest BCUT2D eigenvalue weighted by molar-refractivity contribution is 6.32. The van der Waals surface area contributed by atoms with Gasteiger partial charge in [-0.3, -0.25) is 4.68 Å². The minimum atomic E-state index is 0.496. The fraction of sp³-hybridized carbons (Fsp3) is 0.364. The van der Waals surface area contributed by atoms with Crippen molar-refractivity contribution >= 4 is 23.4 Å². The zero-order chi connectivity index (χ0) is 13.1. The molecule has 7 heteroatoms. The molecular formula is C11H15ClN6. The molecule has 0 aromatic carbocycles. The standard InChI is InChI=1S/C11H15ClN6/c1-7-8(6-18(3)17-7)4-14-10-9(12)5-15-11(13-2)16-10/h5-6H,4H2,1-3H3,(H2,13,14,15,16). The van der Waals surface area contributed by atoms with Crippen molar-refractivity contribution in [2.45, 2.75) is 13.5 Å². The second-order valence-electron chi connectivity index (χ2n) is 3.91. The molecule has 0 bridgehead atoms. The van der Waals surface area contributed by atoms with Gasteiger partial charge in [0.2, 0.25) is 5.95 Å². The number of hydrogen-bond donors (Lipinski definition) is 2. The molecule has 0 atom stereocenters. The van der Waals surface area contributed by atoms with E-state index < -0.39 is 0 Å². The van der Waals surface area contributed by atoms with Crippen LogP contribution in [0.15, 0.2) is 12.4 Å². The van der Waals surface area contributed by atoms with Gasteiger partial charge in [-0.15, -0.1) is 0 Å². The molecule has 0 aliphatic carbocycles. The van der Waals surface area contributed by atoms with E-state index in [1.165, 1.54) is 0 Å². The van der Waals surface area contributed by atoms with Gasteiger partial charge in [0.05, 0.1) is 11.9 Å². The molecule has 0 amide bonds. The molecule has 2 heterocycles. The monoisotopic (exact) mass is 266 g/mol. The maximum absolute atomic E-state index is 6.03. The first kappa shape index (κ1) is 12.6. The van der Waals surface area contributed by atoms with E-state index in [9.17, 15) is 0 Å². The van der Waals surface area contributed by atoms with E-state index >= 15 is 0 Å². The number of aromatic nitrogens is 4. The van der Waals surface area contributed by atoms with Gasteiger partial charge in [0.1, 0.15) is 5.02 Å². The summed E-state index contributed by atoms with van der Waals surface area (Å²) < 4.78 is 1.78. The quantitative estimate of drug-likeness (QED) is 0.884. The Labute approximate surface area is 110 Å². The van der Waals surface area contributed by atoms with Gasteiger partial charge in [0.25, 0.3) is 0 Å². The Bertz CT molecular complexity index is 550. The minimum absolute atomic E-state index is 0.496. The Morgan fingerprint density at radius 2 is 2.22 bits per heavy atom. The van der Waals surface area contributed by atoms with E-state index in [1.54, 1.807) is 17.9 Å². The van der Waals surface area contributed by atoms with Crippen molar-refractivity contribution < 1.29 is 0 Å². The van der Waals surface area contributed by atoms with Crippen molar-refractivity contribution in [3.63, 3.8) is 0 Å². The Hall–Kier alpha value is -1.82. The molecule has 96 valence electrons. The lowest BCUT2D eigenvalue weighted by atomic mass is 10.2. The lowest BCUT2D eigenvalue weighted by Gasteiger charge is -2.07. The SMILES string of the molecule is CNc1ncc(Cl)c(NCc2cn(C)nc2C)n1. The number of rotatable bonds is 4. The van der Waals surface area contributed by atoms with E-state index in [4.69, 9.17) is 11.6 Å². The van der Waals surface area contributed by atoms with Crippen LogP contribution < -0.4 is 10.6 Å². The van der Waals surface area contributed by atoms with Crippen molar-refractivity contribution in [1.82, 2.24) is 19.7 Å². The highest BCUT2D eigenvalue weighted by Gasteiger charge is 2.07. The maximum Gasteiger partial charge on any atom is 0.224 e. The van der Waals surface area contributed by atoms with Crippen molar-refractivity contribution in [3.8, 4) is 0 Å². The fourth-order valence-corrected chi connectivity index (χ4v) is 1.77. The first-order valence-electron chi connectivity index (χ1n) is 5.53. The lowest BCUT2D eigenvalue weighted by molar-refractivity contribution is 0.756. The summed E-state index contributed by atoms with van der Waals surface area (Å²) in [5.41, 5.74) is 2.10. The summed E-state index contributed by atoms with van der Waals surface area (Å²) in [5.74, 6) is 1.14. The van der Waals surface area contributed by atoms with Crippen LogP contribution in [0.1, 0.15) is 11.3 Å². The van der Waals surface area contributed by atoms with Gasteiger partial charge in [-0.1, -0.05) is 11.6 Å². The molecule has 2 aromatic heterocycles. The van der Waals surface area contributed by atoms with E-state index in [0.717, 1.165) is 11.3 Å². The molecule has 0 aliphatic rings. The van der Waals surface area contributed by atoms with Gasteiger partial charge < -0.3 is 10.6 Å². The summed E-state index contributed by atoms with van der Waals surface area (Å²) in [5, 5.41) is 10.8. The topological polar surface area (TPSA) is 67.7 Å². The van der Waals surface area contributed by atoms with Crippen LogP contribution in [-0.4, -0.2) is 26.8 Å². The summed E-state index contributed by atoms with van der Waals surface area (Å²) in [4.78, 5) is 8.27. The molecule has 0 aliphatic heterocycles. The van der Waals surface area contributed by atoms with Gasteiger partial charge in [-0.25, -0.2) is 4.98 Å². The van der Waals surface area contributed by atoms with E-state index in [0.29, 0.717) is 23.3 Å². The van der Waals surface area contributed by atoms with Gasteiger partial charge in [-0.2, -0.15) is 10.1 Å². The van der Waals surface area contributed by atoms with E-state index in [-0.39, 0.29) is 0 Å². The normalized spacial score (nSPS) is 10.4. The van der Waals surface area contributed by atoms with Crippen LogP contribution in [0.4, 0.5) is 11.8 Å². The molecule has 2 N–H and O–H groups in total. The van der Waals surface area contributed by atoms with Crippen molar-refractivity contribution in [3.05, 3.63) is 28.7 Å². The summed E-state index contributed by atoms with van der Waals surface area (Å²) >= 11 is 6.03. The number of halogens is 1. The molecule has 2 rings (SSSR count). The number of aryl methyl sites for hydroxylation is 2. The Kier molecular flexibility index (Phi) is 3.66.